The third-order valence-corrected chi connectivity index (χ3v) is 6.09. The van der Waals surface area contributed by atoms with Gasteiger partial charge in [0.2, 0.25) is 5.91 Å². The summed E-state index contributed by atoms with van der Waals surface area (Å²) in [4.78, 5) is 26.9. The van der Waals surface area contributed by atoms with E-state index in [4.69, 9.17) is 9.15 Å². The van der Waals surface area contributed by atoms with Crippen molar-refractivity contribution in [3.63, 3.8) is 0 Å². The second-order valence-electron chi connectivity index (χ2n) is 6.79. The molecule has 0 saturated carbocycles. The Labute approximate surface area is 166 Å². The molecule has 4 rings (SSSR count). The Balaban J connectivity index is 1.43. The smallest absolute Gasteiger partial charge is 0.410 e. The first kappa shape index (κ1) is 18.3. The minimum atomic E-state index is -0.308. The molecule has 8 heteroatoms. The van der Waals surface area contributed by atoms with Crippen LogP contribution in [-0.4, -0.2) is 36.1 Å². The predicted molar refractivity (Wildman–Crippen MR) is 104 cm³/mol. The van der Waals surface area contributed by atoms with Crippen LogP contribution in [0.1, 0.15) is 34.4 Å². The van der Waals surface area contributed by atoms with Gasteiger partial charge in [-0.05, 0) is 37.0 Å². The molecule has 0 spiro atoms. The van der Waals surface area contributed by atoms with Gasteiger partial charge < -0.3 is 19.4 Å². The quantitative estimate of drug-likeness (QED) is 0.796. The highest BCUT2D eigenvalue weighted by Crippen LogP contribution is 2.38. The SMILES string of the molecule is N#Cc1c(NC(=O)C=Cc2ccoc2)sc2c1CCC(OC(=O)N1CCC1)C2. The lowest BCUT2D eigenvalue weighted by Crippen LogP contribution is -2.44. The number of ether oxygens (including phenoxy) is 1. The number of likely N-dealkylation sites (tertiary alicyclic amines) is 1. The molecule has 144 valence electrons. The van der Waals surface area contributed by atoms with Gasteiger partial charge in [0.1, 0.15) is 17.2 Å². The number of carbonyl (C=O) groups excluding carboxylic acids is 2. The number of nitrogens with zero attached hydrogens (tertiary/aromatic N) is 2. The molecule has 0 aromatic carbocycles. The summed E-state index contributed by atoms with van der Waals surface area (Å²) in [6, 6.07) is 3.96. The van der Waals surface area contributed by atoms with Crippen molar-refractivity contribution in [2.45, 2.75) is 31.8 Å². The van der Waals surface area contributed by atoms with E-state index >= 15 is 0 Å². The fourth-order valence-corrected chi connectivity index (χ4v) is 4.54. The minimum absolute atomic E-state index is 0.185. The van der Waals surface area contributed by atoms with Crippen molar-refractivity contribution in [3.8, 4) is 6.07 Å². The first-order valence-electron chi connectivity index (χ1n) is 9.15. The van der Waals surface area contributed by atoms with Gasteiger partial charge in [0.25, 0.3) is 0 Å². The summed E-state index contributed by atoms with van der Waals surface area (Å²) in [5.41, 5.74) is 2.25. The van der Waals surface area contributed by atoms with Gasteiger partial charge in [0, 0.05) is 36.0 Å². The number of furan rings is 1. The molecule has 1 aliphatic heterocycles. The Hall–Kier alpha value is -3.05. The number of hydrogen-bond acceptors (Lipinski definition) is 6. The number of nitrogens with one attached hydrogen (secondary N) is 1. The Kier molecular flexibility index (Phi) is 5.17. The summed E-state index contributed by atoms with van der Waals surface area (Å²) >= 11 is 1.39. The van der Waals surface area contributed by atoms with Gasteiger partial charge in [-0.15, -0.1) is 11.3 Å². The Bertz CT molecular complexity index is 951. The Morgan fingerprint density at radius 1 is 1.43 bits per heavy atom. The number of amides is 2. The standard InChI is InChI=1S/C20H19N3O4S/c21-11-16-15-4-3-14(27-20(25)23-7-1-8-23)10-17(15)28-19(16)22-18(24)5-2-13-6-9-26-12-13/h2,5-6,9,12,14H,1,3-4,7-8,10H2,(H,22,24). The molecule has 0 radical (unpaired) electrons. The van der Waals surface area contributed by atoms with Crippen LogP contribution in [0, 0.1) is 11.3 Å². The average molecular weight is 397 g/mol. The molecule has 2 aromatic rings. The summed E-state index contributed by atoms with van der Waals surface area (Å²) < 4.78 is 10.6. The summed E-state index contributed by atoms with van der Waals surface area (Å²) in [5.74, 6) is -0.308. The average Bonchev–Trinajstić information content (AvgIpc) is 3.25. The first-order chi connectivity index (χ1) is 13.6. The Morgan fingerprint density at radius 3 is 2.96 bits per heavy atom. The van der Waals surface area contributed by atoms with Gasteiger partial charge >= 0.3 is 6.09 Å². The van der Waals surface area contributed by atoms with Crippen molar-refractivity contribution in [2.75, 3.05) is 18.4 Å². The van der Waals surface area contributed by atoms with Crippen LogP contribution in [0.5, 0.6) is 0 Å². The van der Waals surface area contributed by atoms with Crippen LogP contribution < -0.4 is 5.32 Å². The van der Waals surface area contributed by atoms with E-state index in [2.05, 4.69) is 11.4 Å². The van der Waals surface area contributed by atoms with E-state index < -0.39 is 0 Å². The molecule has 3 heterocycles. The van der Waals surface area contributed by atoms with Crippen molar-refractivity contribution in [2.24, 2.45) is 0 Å². The van der Waals surface area contributed by atoms with Crippen LogP contribution in [0.4, 0.5) is 9.80 Å². The molecule has 2 aliphatic rings. The molecule has 1 atom stereocenters. The molecular weight excluding hydrogens is 378 g/mol. The summed E-state index contributed by atoms with van der Waals surface area (Å²) in [6.45, 7) is 1.52. The highest BCUT2D eigenvalue weighted by Gasteiger charge is 2.30. The maximum Gasteiger partial charge on any atom is 0.410 e. The second-order valence-corrected chi connectivity index (χ2v) is 7.89. The predicted octanol–water partition coefficient (Wildman–Crippen LogP) is 3.56. The molecule has 2 amide bonds. The Morgan fingerprint density at radius 2 is 2.29 bits per heavy atom. The number of fused-ring (bicyclic) bond motifs is 1. The third-order valence-electron chi connectivity index (χ3n) is 4.92. The van der Waals surface area contributed by atoms with Gasteiger partial charge in [-0.2, -0.15) is 5.26 Å². The van der Waals surface area contributed by atoms with E-state index in [9.17, 15) is 14.9 Å². The zero-order valence-corrected chi connectivity index (χ0v) is 16.0. The molecule has 0 bridgehead atoms. The van der Waals surface area contributed by atoms with E-state index in [0.29, 0.717) is 29.8 Å². The third kappa shape index (κ3) is 3.80. The number of thiophene rings is 1. The number of rotatable bonds is 4. The van der Waals surface area contributed by atoms with Gasteiger partial charge in [-0.25, -0.2) is 4.79 Å². The zero-order valence-electron chi connectivity index (χ0n) is 15.1. The maximum atomic E-state index is 12.2. The monoisotopic (exact) mass is 397 g/mol. The lowest BCUT2D eigenvalue weighted by atomic mass is 9.94. The highest BCUT2D eigenvalue weighted by atomic mass is 32.1. The van der Waals surface area contributed by atoms with Gasteiger partial charge in [0.15, 0.2) is 0 Å². The van der Waals surface area contributed by atoms with E-state index in [0.717, 1.165) is 35.5 Å². The highest BCUT2D eigenvalue weighted by molar-refractivity contribution is 7.16. The van der Waals surface area contributed by atoms with E-state index in [1.807, 2.05) is 0 Å². The molecule has 2 aromatic heterocycles. The molecule has 1 aliphatic carbocycles. The van der Waals surface area contributed by atoms with Gasteiger partial charge in [-0.1, -0.05) is 0 Å². The molecule has 1 saturated heterocycles. The zero-order chi connectivity index (χ0) is 19.5. The minimum Gasteiger partial charge on any atom is -0.472 e. The van der Waals surface area contributed by atoms with Crippen LogP contribution in [0.3, 0.4) is 0 Å². The van der Waals surface area contributed by atoms with Crippen LogP contribution in [-0.2, 0) is 22.4 Å². The van der Waals surface area contributed by atoms with Crippen molar-refractivity contribution in [1.82, 2.24) is 4.90 Å². The number of carbonyl (C=O) groups is 2. The topological polar surface area (TPSA) is 95.6 Å². The summed E-state index contributed by atoms with van der Waals surface area (Å²) in [7, 11) is 0. The molecule has 7 nitrogen and oxygen atoms in total. The van der Waals surface area contributed by atoms with Crippen LogP contribution >= 0.6 is 11.3 Å². The molecule has 1 unspecified atom stereocenters. The largest absolute Gasteiger partial charge is 0.472 e. The summed E-state index contributed by atoms with van der Waals surface area (Å²) in [6.07, 6.45) is 8.63. The van der Waals surface area contributed by atoms with Crippen molar-refractivity contribution in [3.05, 3.63) is 46.2 Å². The number of hydrogen-bond donors (Lipinski definition) is 1. The second kappa shape index (κ2) is 7.90. The first-order valence-corrected chi connectivity index (χ1v) is 9.97. The normalized spacial score (nSPS) is 18.2. The fraction of sp³-hybridized carbons (Fsp3) is 0.350. The molecule has 28 heavy (non-hydrogen) atoms. The lowest BCUT2D eigenvalue weighted by molar-refractivity contribution is -0.111. The van der Waals surface area contributed by atoms with E-state index in [1.54, 1.807) is 17.0 Å². The molecular formula is C20H19N3O4S. The molecule has 1 fully saturated rings. The van der Waals surface area contributed by atoms with Gasteiger partial charge in [0.05, 0.1) is 18.1 Å². The number of nitriles is 1. The number of anilines is 1. The van der Waals surface area contributed by atoms with E-state index in [1.165, 1.54) is 29.9 Å². The lowest BCUT2D eigenvalue weighted by Gasteiger charge is -2.32. The van der Waals surface area contributed by atoms with Crippen molar-refractivity contribution in [1.29, 1.82) is 5.26 Å². The van der Waals surface area contributed by atoms with Crippen molar-refractivity contribution < 1.29 is 18.7 Å². The van der Waals surface area contributed by atoms with Crippen LogP contribution in [0.25, 0.3) is 6.08 Å². The van der Waals surface area contributed by atoms with Crippen molar-refractivity contribution >= 4 is 34.4 Å². The van der Waals surface area contributed by atoms with Crippen LogP contribution in [0.15, 0.2) is 29.1 Å². The summed E-state index contributed by atoms with van der Waals surface area (Å²) in [5, 5.41) is 12.9. The van der Waals surface area contributed by atoms with Gasteiger partial charge in [-0.3, -0.25) is 4.79 Å². The van der Waals surface area contributed by atoms with Crippen LogP contribution in [0.2, 0.25) is 0 Å². The molecule has 1 N–H and O–H groups in total. The van der Waals surface area contributed by atoms with E-state index in [-0.39, 0.29) is 18.1 Å². The fourth-order valence-electron chi connectivity index (χ4n) is 3.27. The maximum absolute atomic E-state index is 12.2.